The molecule has 0 amide bonds. The Balaban J connectivity index is 1.08. The second-order valence-corrected chi connectivity index (χ2v) is 18.3. The first-order valence-electron chi connectivity index (χ1n) is 24.4. The van der Waals surface area contributed by atoms with Gasteiger partial charge in [0.25, 0.3) is 0 Å². The molecule has 0 aromatic heterocycles. The molecule has 0 aliphatic carbocycles. The summed E-state index contributed by atoms with van der Waals surface area (Å²) < 4.78 is 36.5. The average Bonchev–Trinajstić information content (AvgIpc) is 3.49. The van der Waals surface area contributed by atoms with Crippen LogP contribution in [0.2, 0.25) is 0 Å². The quantitative estimate of drug-likeness (QED) is 0.127. The third-order valence-corrected chi connectivity index (χ3v) is 14.1. The maximum absolute atomic E-state index is 18.3. The molecular weight excluding hydrogens is 939 g/mol. The first-order chi connectivity index (χ1) is 37.3. The van der Waals surface area contributed by atoms with Crippen LogP contribution in [0.4, 0.5) is 42.9 Å². The Morgan fingerprint density at radius 1 is 0.289 bits per heavy atom. The van der Waals surface area contributed by atoms with E-state index in [1.165, 1.54) is 0 Å². The lowest BCUT2D eigenvalue weighted by atomic mass is 9.90. The van der Waals surface area contributed by atoms with Crippen molar-refractivity contribution in [3.63, 3.8) is 0 Å². The van der Waals surface area contributed by atoms with Crippen LogP contribution in [0.15, 0.2) is 231 Å². The van der Waals surface area contributed by atoms with Crippen molar-refractivity contribution in [2.45, 2.75) is 0 Å². The Bertz CT molecular complexity index is 4090. The van der Waals surface area contributed by atoms with Gasteiger partial charge in [0.2, 0.25) is 0 Å². The summed E-state index contributed by atoms with van der Waals surface area (Å²) in [5, 5.41) is 44.1. The molecule has 8 heteroatoms. The molecule has 0 saturated heterocycles. The number of anilines is 6. The highest BCUT2D eigenvalue weighted by atomic mass is 19.1. The molecule has 0 atom stereocenters. The molecule has 0 N–H and O–H groups in total. The van der Waals surface area contributed by atoms with Crippen LogP contribution < -0.4 is 9.80 Å². The molecule has 0 aliphatic heterocycles. The van der Waals surface area contributed by atoms with Crippen molar-refractivity contribution in [2.75, 3.05) is 9.80 Å². The van der Waals surface area contributed by atoms with Crippen molar-refractivity contribution < 1.29 is 8.78 Å². The zero-order valence-electron chi connectivity index (χ0n) is 40.4. The van der Waals surface area contributed by atoms with Crippen LogP contribution in [-0.2, 0) is 0 Å². The molecule has 0 fully saturated rings. The lowest BCUT2D eigenvalue weighted by Crippen LogP contribution is -2.14. The molecule has 0 radical (unpaired) electrons. The SMILES string of the molecule is N#Cc1ccc(-c2ccc(N(c3ccccc3)c3ccc4ccc5c(N(c6ccccc6)c6ccc(-c7ccc(C#N)cc7)c(-c7ccc(C#N)cc7)c6F)ccc6ccc3c4c65)c(F)c2-c2ccc(C#N)cc2)cc1. The number of para-hydroxylation sites is 2. The molecule has 0 unspecified atom stereocenters. The number of halogens is 2. The predicted molar refractivity (Wildman–Crippen MR) is 300 cm³/mol. The smallest absolute Gasteiger partial charge is 0.155 e. The summed E-state index contributed by atoms with van der Waals surface area (Å²) in [5.74, 6) is -0.955. The number of benzene rings is 12. The van der Waals surface area contributed by atoms with Crippen LogP contribution in [0.3, 0.4) is 0 Å². The largest absolute Gasteiger partial charge is 0.307 e. The summed E-state index contributed by atoms with van der Waals surface area (Å²) in [6.45, 7) is 0. The first kappa shape index (κ1) is 46.2. The normalized spacial score (nSPS) is 11.0. The van der Waals surface area contributed by atoms with Crippen molar-refractivity contribution in [2.24, 2.45) is 0 Å². The van der Waals surface area contributed by atoms with Crippen molar-refractivity contribution in [1.29, 1.82) is 21.0 Å². The van der Waals surface area contributed by atoms with E-state index < -0.39 is 11.6 Å². The highest BCUT2D eigenvalue weighted by Gasteiger charge is 2.28. The summed E-state index contributed by atoms with van der Waals surface area (Å²) >= 11 is 0. The fraction of sp³-hybridized carbons (Fsp3) is 0. The molecule has 0 bridgehead atoms. The zero-order chi connectivity index (χ0) is 51.9. The molecule has 12 rings (SSSR count). The number of rotatable bonds is 10. The van der Waals surface area contributed by atoms with E-state index in [1.54, 1.807) is 84.9 Å². The van der Waals surface area contributed by atoms with Crippen molar-refractivity contribution >= 4 is 66.4 Å². The van der Waals surface area contributed by atoms with Gasteiger partial charge in [0.1, 0.15) is 0 Å². The van der Waals surface area contributed by atoms with Gasteiger partial charge < -0.3 is 9.80 Å². The van der Waals surface area contributed by atoms with Gasteiger partial charge in [-0.1, -0.05) is 133 Å². The van der Waals surface area contributed by atoms with E-state index in [4.69, 9.17) is 0 Å². The Morgan fingerprint density at radius 3 is 0.921 bits per heavy atom. The van der Waals surface area contributed by atoms with Gasteiger partial charge in [-0.2, -0.15) is 21.0 Å². The molecule has 354 valence electrons. The van der Waals surface area contributed by atoms with E-state index in [9.17, 15) is 21.0 Å². The molecule has 12 aromatic carbocycles. The van der Waals surface area contributed by atoms with E-state index in [1.807, 2.05) is 119 Å². The zero-order valence-corrected chi connectivity index (χ0v) is 40.4. The van der Waals surface area contributed by atoms with Crippen LogP contribution in [0, 0.1) is 57.0 Å². The summed E-state index contributed by atoms with van der Waals surface area (Å²) in [4.78, 5) is 3.90. The minimum Gasteiger partial charge on any atom is -0.307 e. The molecule has 0 spiro atoms. The topological polar surface area (TPSA) is 102 Å². The second kappa shape index (κ2) is 19.3. The molecule has 0 saturated carbocycles. The molecule has 12 aromatic rings. The van der Waals surface area contributed by atoms with E-state index in [-0.39, 0.29) is 0 Å². The van der Waals surface area contributed by atoms with Crippen LogP contribution in [0.25, 0.3) is 76.8 Å². The third kappa shape index (κ3) is 7.94. The Kier molecular flexibility index (Phi) is 11.7. The molecular formula is C68H38F2N6. The van der Waals surface area contributed by atoms with Gasteiger partial charge in [-0.25, -0.2) is 8.78 Å². The lowest BCUT2D eigenvalue weighted by Gasteiger charge is -2.30. The standard InChI is InChI=1S/C68H38F2N6/c69-67-61(37-33-55(47-19-11-43(39-71)12-20-47)65(67)51-23-15-45(41-73)16-24-51)75(53-7-3-1-4-8-53)59-35-29-49-28-32-58-60(36-30-50-27-31-57(59)63(49)64(50)58)76(54-9-5-2-6-10-54)62-38-34-56(48-21-13-44(40-72)14-22-48)66(68(62)70)52-25-17-46(42-74)18-26-52/h1-38H. The van der Waals surface area contributed by atoms with E-state index in [2.05, 4.69) is 60.7 Å². The van der Waals surface area contributed by atoms with Crippen molar-refractivity contribution in [3.05, 3.63) is 264 Å². The first-order valence-corrected chi connectivity index (χ1v) is 24.4. The van der Waals surface area contributed by atoms with Gasteiger partial charge in [0, 0.05) is 33.3 Å². The maximum atomic E-state index is 18.3. The van der Waals surface area contributed by atoms with Gasteiger partial charge in [-0.05, 0) is 152 Å². The number of hydrogen-bond acceptors (Lipinski definition) is 6. The van der Waals surface area contributed by atoms with Gasteiger partial charge in [-0.3, -0.25) is 0 Å². The van der Waals surface area contributed by atoms with Gasteiger partial charge in [0.05, 0.1) is 69.3 Å². The number of hydrogen-bond donors (Lipinski definition) is 0. The van der Waals surface area contributed by atoms with Gasteiger partial charge in [-0.15, -0.1) is 0 Å². The predicted octanol–water partition coefficient (Wildman–Crippen LogP) is 18.0. The van der Waals surface area contributed by atoms with Crippen molar-refractivity contribution in [1.82, 2.24) is 0 Å². The number of nitriles is 4. The maximum Gasteiger partial charge on any atom is 0.155 e. The van der Waals surface area contributed by atoms with Crippen LogP contribution in [0.1, 0.15) is 22.3 Å². The summed E-state index contributed by atoms with van der Waals surface area (Å²) in [7, 11) is 0. The minimum absolute atomic E-state index is 0.298. The van der Waals surface area contributed by atoms with Crippen molar-refractivity contribution in [3.8, 4) is 68.8 Å². The van der Waals surface area contributed by atoms with E-state index in [0.29, 0.717) is 67.0 Å². The van der Waals surface area contributed by atoms with Crippen LogP contribution >= 0.6 is 0 Å². The minimum atomic E-state index is -0.477. The van der Waals surface area contributed by atoms with Crippen LogP contribution in [0.5, 0.6) is 0 Å². The van der Waals surface area contributed by atoms with E-state index in [0.717, 1.165) is 66.2 Å². The van der Waals surface area contributed by atoms with Gasteiger partial charge >= 0.3 is 0 Å². The highest BCUT2D eigenvalue weighted by Crippen LogP contribution is 2.51. The fourth-order valence-corrected chi connectivity index (χ4v) is 10.5. The lowest BCUT2D eigenvalue weighted by molar-refractivity contribution is 0.632. The third-order valence-electron chi connectivity index (χ3n) is 14.1. The van der Waals surface area contributed by atoms with E-state index >= 15 is 8.78 Å². The Labute approximate surface area is 437 Å². The summed E-state index contributed by atoms with van der Waals surface area (Å²) in [6, 6.07) is 79.9. The molecule has 6 nitrogen and oxygen atoms in total. The summed E-state index contributed by atoms with van der Waals surface area (Å²) in [5.41, 5.74) is 9.93. The Hall–Kier alpha value is -10.9. The number of nitrogens with zero attached hydrogens (tertiary/aromatic N) is 6. The Morgan fingerprint density at radius 2 is 0.592 bits per heavy atom. The van der Waals surface area contributed by atoms with Crippen LogP contribution in [-0.4, -0.2) is 0 Å². The average molecular weight is 977 g/mol. The second-order valence-electron chi connectivity index (χ2n) is 18.3. The molecule has 76 heavy (non-hydrogen) atoms. The highest BCUT2D eigenvalue weighted by molar-refractivity contribution is 6.28. The monoisotopic (exact) mass is 976 g/mol. The fourth-order valence-electron chi connectivity index (χ4n) is 10.5. The van der Waals surface area contributed by atoms with Gasteiger partial charge in [0.15, 0.2) is 11.6 Å². The molecule has 0 heterocycles. The summed E-state index contributed by atoms with van der Waals surface area (Å²) in [6.07, 6.45) is 0. The molecule has 0 aliphatic rings.